The number of rotatable bonds is 4. The average Bonchev–Trinajstić information content (AvgIpc) is 1.89. The molecule has 0 saturated heterocycles. The lowest BCUT2D eigenvalue weighted by Gasteiger charge is -2.02. The van der Waals surface area contributed by atoms with Crippen LogP contribution < -0.4 is 5.48 Å². The summed E-state index contributed by atoms with van der Waals surface area (Å²) in [7, 11) is 0. The molecule has 10 heavy (non-hydrogen) atoms. The van der Waals surface area contributed by atoms with E-state index in [-0.39, 0.29) is 5.70 Å². The fourth-order valence-corrected chi connectivity index (χ4v) is 0.552. The molecule has 0 saturated carbocycles. The fraction of sp³-hybridized carbons (Fsp3) is 0.400. The number of aliphatic carboxylic acids is 1. The van der Waals surface area contributed by atoms with Crippen molar-refractivity contribution in [2.24, 2.45) is 0 Å². The lowest BCUT2D eigenvalue weighted by Crippen LogP contribution is -2.19. The van der Waals surface area contributed by atoms with Crippen LogP contribution in [0.15, 0.2) is 10.7 Å². The minimum atomic E-state index is -1.06. The van der Waals surface area contributed by atoms with Gasteiger partial charge in [0.25, 0.3) is 0 Å². The predicted octanol–water partition coefficient (Wildman–Crippen LogP) is 0.848. The zero-order valence-electron chi connectivity index (χ0n) is 5.43. The van der Waals surface area contributed by atoms with Crippen molar-refractivity contribution in [1.29, 1.82) is 0 Å². The van der Waals surface area contributed by atoms with Gasteiger partial charge in [0.2, 0.25) is 0 Å². The molecule has 0 aromatic heterocycles. The molecule has 5 heteroatoms. The molecule has 0 aliphatic carbocycles. The zero-order valence-corrected chi connectivity index (χ0v) is 7.01. The summed E-state index contributed by atoms with van der Waals surface area (Å²) in [6, 6.07) is 0. The van der Waals surface area contributed by atoms with Gasteiger partial charge < -0.3 is 5.11 Å². The molecule has 0 bridgehead atoms. The Morgan fingerprint density at radius 1 is 1.90 bits per heavy atom. The molecule has 0 aliphatic rings. The lowest BCUT2D eigenvalue weighted by molar-refractivity contribution is -0.134. The van der Waals surface area contributed by atoms with Crippen LogP contribution in [0.3, 0.4) is 0 Å². The zero-order chi connectivity index (χ0) is 7.98. The van der Waals surface area contributed by atoms with Crippen molar-refractivity contribution in [3.05, 3.63) is 10.7 Å². The van der Waals surface area contributed by atoms with E-state index >= 15 is 0 Å². The van der Waals surface area contributed by atoms with Crippen molar-refractivity contribution in [3.8, 4) is 0 Å². The normalized spacial score (nSPS) is 11.2. The first kappa shape index (κ1) is 9.45. The summed E-state index contributed by atoms with van der Waals surface area (Å²) in [5.74, 6) is -1.06. The van der Waals surface area contributed by atoms with Gasteiger partial charge in [0, 0.05) is 4.99 Å². The summed E-state index contributed by atoms with van der Waals surface area (Å²) >= 11 is 2.86. The van der Waals surface area contributed by atoms with Crippen LogP contribution in [0.4, 0.5) is 0 Å². The topological polar surface area (TPSA) is 58.6 Å². The highest BCUT2D eigenvalue weighted by Gasteiger charge is 2.03. The number of carboxylic acid groups (broad SMARTS) is 1. The van der Waals surface area contributed by atoms with Gasteiger partial charge in [-0.05, 0) is 6.92 Å². The van der Waals surface area contributed by atoms with Crippen LogP contribution in [0.1, 0.15) is 6.92 Å². The van der Waals surface area contributed by atoms with E-state index in [2.05, 4.69) is 26.2 Å². The van der Waals surface area contributed by atoms with Gasteiger partial charge in [0.15, 0.2) is 5.70 Å². The van der Waals surface area contributed by atoms with Crippen molar-refractivity contribution < 1.29 is 14.7 Å². The van der Waals surface area contributed by atoms with Crippen LogP contribution in [0, 0.1) is 0 Å². The summed E-state index contributed by atoms with van der Waals surface area (Å²) < 4.78 is 0. The van der Waals surface area contributed by atoms with Gasteiger partial charge in [0.1, 0.15) is 0 Å². The minimum Gasteiger partial charge on any atom is -0.477 e. The van der Waals surface area contributed by atoms with E-state index < -0.39 is 5.97 Å². The number of hydrogen-bond donors (Lipinski definition) is 2. The molecule has 0 rings (SSSR count). The van der Waals surface area contributed by atoms with E-state index in [4.69, 9.17) is 5.11 Å². The van der Waals surface area contributed by atoms with Crippen LogP contribution >= 0.6 is 15.9 Å². The molecule has 0 amide bonds. The third-order valence-corrected chi connectivity index (χ3v) is 1.12. The van der Waals surface area contributed by atoms with E-state index in [1.807, 2.05) is 0 Å². The minimum absolute atomic E-state index is 0.0261. The van der Waals surface area contributed by atoms with Crippen LogP contribution in [-0.2, 0) is 9.63 Å². The molecule has 0 aliphatic heterocycles. The number of hydrogen-bond acceptors (Lipinski definition) is 3. The third kappa shape index (κ3) is 3.47. The highest BCUT2D eigenvalue weighted by atomic mass is 79.9. The second-order valence-corrected chi connectivity index (χ2v) is 1.82. The molecular weight excluding hydrogens is 202 g/mol. The number of hydroxylamine groups is 1. The van der Waals surface area contributed by atoms with Gasteiger partial charge in [-0.2, -0.15) is 0 Å². The Bertz CT molecular complexity index is 146. The largest absolute Gasteiger partial charge is 0.477 e. The smallest absolute Gasteiger partial charge is 0.354 e. The number of halogens is 1. The van der Waals surface area contributed by atoms with E-state index in [1.54, 1.807) is 6.92 Å². The van der Waals surface area contributed by atoms with E-state index in [9.17, 15) is 4.79 Å². The highest BCUT2D eigenvalue weighted by Crippen LogP contribution is 1.93. The number of carbonyl (C=O) groups is 1. The van der Waals surface area contributed by atoms with Crippen molar-refractivity contribution in [3.63, 3.8) is 0 Å². The molecule has 0 fully saturated rings. The Labute approximate surface area is 67.0 Å². The van der Waals surface area contributed by atoms with Crippen LogP contribution in [0.5, 0.6) is 0 Å². The Morgan fingerprint density at radius 3 is 2.80 bits per heavy atom. The van der Waals surface area contributed by atoms with Crippen molar-refractivity contribution in [2.45, 2.75) is 6.92 Å². The Kier molecular flexibility index (Phi) is 4.96. The maximum absolute atomic E-state index is 10.2. The van der Waals surface area contributed by atoms with Crippen molar-refractivity contribution in [2.75, 3.05) is 6.61 Å². The van der Waals surface area contributed by atoms with Gasteiger partial charge in [0.05, 0.1) is 6.61 Å². The fourth-order valence-electron chi connectivity index (χ4n) is 0.263. The van der Waals surface area contributed by atoms with Crippen molar-refractivity contribution in [1.82, 2.24) is 5.48 Å². The summed E-state index contributed by atoms with van der Waals surface area (Å²) in [5, 5.41) is 8.36. The van der Waals surface area contributed by atoms with Gasteiger partial charge >= 0.3 is 5.97 Å². The molecule has 0 atom stereocenters. The summed E-state index contributed by atoms with van der Waals surface area (Å²) in [4.78, 5) is 16.1. The molecule has 0 aromatic rings. The summed E-state index contributed by atoms with van der Waals surface area (Å²) in [6.07, 6.45) is 0. The van der Waals surface area contributed by atoms with Crippen molar-refractivity contribution >= 4 is 21.9 Å². The van der Waals surface area contributed by atoms with E-state index in [0.717, 1.165) is 0 Å². The number of nitrogens with one attached hydrogen (secondary N) is 1. The molecule has 2 N–H and O–H groups in total. The molecule has 0 unspecified atom stereocenters. The Morgan fingerprint density at radius 2 is 2.50 bits per heavy atom. The molecule has 4 nitrogen and oxygen atoms in total. The second kappa shape index (κ2) is 5.25. The van der Waals surface area contributed by atoms with Gasteiger partial charge in [-0.15, -0.1) is 0 Å². The molecule has 0 heterocycles. The molecular formula is C5H8BrNO3. The maximum Gasteiger partial charge on any atom is 0.354 e. The first-order valence-electron chi connectivity index (χ1n) is 2.63. The van der Waals surface area contributed by atoms with Gasteiger partial charge in [-0.1, -0.05) is 15.9 Å². The maximum atomic E-state index is 10.2. The van der Waals surface area contributed by atoms with E-state index in [1.165, 1.54) is 4.99 Å². The summed E-state index contributed by atoms with van der Waals surface area (Å²) in [5.41, 5.74) is 2.21. The second-order valence-electron chi connectivity index (χ2n) is 1.36. The van der Waals surface area contributed by atoms with Gasteiger partial charge in [-0.3, -0.25) is 10.3 Å². The lowest BCUT2D eigenvalue weighted by atomic mass is 10.5. The Hall–Kier alpha value is -0.550. The standard InChI is InChI=1S/C5H8BrNO3/c1-2-10-7-4(3-6)5(8)9/h3,7H,2H2,1H3,(H,8,9). The van der Waals surface area contributed by atoms with E-state index in [0.29, 0.717) is 6.61 Å². The molecule has 0 spiro atoms. The first-order valence-corrected chi connectivity index (χ1v) is 3.55. The van der Waals surface area contributed by atoms with Crippen LogP contribution in [-0.4, -0.2) is 17.7 Å². The highest BCUT2D eigenvalue weighted by molar-refractivity contribution is 9.11. The third-order valence-electron chi connectivity index (χ3n) is 0.666. The molecule has 0 radical (unpaired) electrons. The Balaban J connectivity index is 3.74. The predicted molar refractivity (Wildman–Crippen MR) is 39.4 cm³/mol. The average molecular weight is 210 g/mol. The molecule has 58 valence electrons. The first-order chi connectivity index (χ1) is 4.72. The van der Waals surface area contributed by atoms with Crippen LogP contribution in [0.2, 0.25) is 0 Å². The van der Waals surface area contributed by atoms with Gasteiger partial charge in [-0.25, -0.2) is 4.79 Å². The quantitative estimate of drug-likeness (QED) is 0.533. The SMILES string of the molecule is CCONC(=CBr)C(=O)O. The molecule has 0 aromatic carbocycles. The monoisotopic (exact) mass is 209 g/mol. The summed E-state index contributed by atoms with van der Waals surface area (Å²) in [6.45, 7) is 2.17. The van der Waals surface area contributed by atoms with Crippen LogP contribution in [0.25, 0.3) is 0 Å². The number of carboxylic acids is 1.